The number of rotatable bonds is 8. The smallest absolute Gasteiger partial charge is 0.138 e. The number of hydrogen-bond donors (Lipinski definition) is 2. The van der Waals surface area contributed by atoms with E-state index >= 15 is 0 Å². The lowest BCUT2D eigenvalue weighted by Crippen LogP contribution is -2.38. The van der Waals surface area contributed by atoms with E-state index in [1.807, 2.05) is 39.0 Å². The number of aliphatic hydroxyl groups is 1. The Morgan fingerprint density at radius 2 is 2.10 bits per heavy atom. The van der Waals surface area contributed by atoms with Gasteiger partial charge in [0.2, 0.25) is 0 Å². The molecule has 114 valence electrons. The molecule has 0 heterocycles. The maximum Gasteiger partial charge on any atom is 0.138 e. The summed E-state index contributed by atoms with van der Waals surface area (Å²) in [6.45, 7) is 9.98. The molecule has 1 aromatic carbocycles. The van der Waals surface area contributed by atoms with Crippen molar-refractivity contribution < 1.29 is 9.84 Å². The van der Waals surface area contributed by atoms with Gasteiger partial charge in [0.15, 0.2) is 0 Å². The van der Waals surface area contributed by atoms with Gasteiger partial charge in [-0.15, -0.1) is 0 Å². The van der Waals surface area contributed by atoms with Gasteiger partial charge in [-0.1, -0.05) is 32.9 Å². The number of benzene rings is 1. The fraction of sp³-hybridized carbons (Fsp3) is 0.625. The van der Waals surface area contributed by atoms with Crippen molar-refractivity contribution in [3.05, 3.63) is 28.2 Å². The predicted octanol–water partition coefficient (Wildman–Crippen LogP) is 3.73. The zero-order chi connectivity index (χ0) is 15.2. The highest BCUT2D eigenvalue weighted by Crippen LogP contribution is 2.30. The van der Waals surface area contributed by atoms with Crippen LogP contribution in [0.1, 0.15) is 39.7 Å². The van der Waals surface area contributed by atoms with Crippen molar-refractivity contribution in [2.24, 2.45) is 5.92 Å². The lowest BCUT2D eigenvalue weighted by molar-refractivity contribution is -0.0270. The topological polar surface area (TPSA) is 41.5 Å². The van der Waals surface area contributed by atoms with Gasteiger partial charge in [0.1, 0.15) is 12.4 Å². The molecule has 3 nitrogen and oxygen atoms in total. The number of nitrogens with one attached hydrogen (secondary N) is 1. The van der Waals surface area contributed by atoms with Gasteiger partial charge >= 0.3 is 0 Å². The Hall–Kier alpha value is -0.580. The maximum atomic E-state index is 10.3. The van der Waals surface area contributed by atoms with E-state index in [-0.39, 0.29) is 12.5 Å². The van der Waals surface area contributed by atoms with Crippen molar-refractivity contribution in [2.45, 2.75) is 46.3 Å². The van der Waals surface area contributed by atoms with Gasteiger partial charge in [-0.25, -0.2) is 0 Å². The van der Waals surface area contributed by atoms with Crippen LogP contribution >= 0.6 is 15.9 Å². The first-order valence-electron chi connectivity index (χ1n) is 7.21. The molecule has 1 rings (SSSR count). The zero-order valence-electron chi connectivity index (χ0n) is 12.9. The standard InChI is InChI=1S/C16H26BrNO2/c1-5-9-18-10-13-7-6-8-14(17)15(13)20-11-16(4,19)12(2)3/h6-8,12,18-19H,5,9-11H2,1-4H3. The Bertz CT molecular complexity index is 419. The molecule has 0 bridgehead atoms. The molecule has 0 saturated heterocycles. The molecule has 1 unspecified atom stereocenters. The van der Waals surface area contributed by atoms with Crippen LogP contribution in [0.5, 0.6) is 5.75 Å². The SMILES string of the molecule is CCCNCc1cccc(Br)c1OCC(C)(O)C(C)C. The highest BCUT2D eigenvalue weighted by molar-refractivity contribution is 9.10. The minimum absolute atomic E-state index is 0.145. The molecule has 1 aromatic rings. The molecule has 0 fully saturated rings. The summed E-state index contributed by atoms with van der Waals surface area (Å²) >= 11 is 3.53. The molecule has 0 radical (unpaired) electrons. The fourth-order valence-electron chi connectivity index (χ4n) is 1.64. The molecule has 1 atom stereocenters. The van der Waals surface area contributed by atoms with E-state index < -0.39 is 5.60 Å². The minimum atomic E-state index is -0.830. The van der Waals surface area contributed by atoms with Gasteiger partial charge in [0, 0.05) is 12.1 Å². The summed E-state index contributed by atoms with van der Waals surface area (Å²) in [6.07, 6.45) is 1.10. The Morgan fingerprint density at radius 3 is 2.70 bits per heavy atom. The normalized spacial score (nSPS) is 14.3. The summed E-state index contributed by atoms with van der Waals surface area (Å²) in [5.41, 5.74) is 0.274. The third-order valence-electron chi connectivity index (χ3n) is 3.54. The van der Waals surface area contributed by atoms with Gasteiger partial charge in [0.05, 0.1) is 10.1 Å². The molecule has 0 aliphatic rings. The number of hydrogen-bond acceptors (Lipinski definition) is 3. The Kier molecular flexibility index (Phi) is 7.00. The molecular weight excluding hydrogens is 318 g/mol. The van der Waals surface area contributed by atoms with Crippen LogP contribution in [0.2, 0.25) is 0 Å². The van der Waals surface area contributed by atoms with Crippen LogP contribution in [-0.4, -0.2) is 23.9 Å². The first-order chi connectivity index (χ1) is 9.38. The summed E-state index contributed by atoms with van der Waals surface area (Å²) in [7, 11) is 0. The van der Waals surface area contributed by atoms with Crippen LogP contribution < -0.4 is 10.1 Å². The van der Waals surface area contributed by atoms with Crippen molar-refractivity contribution in [2.75, 3.05) is 13.2 Å². The molecule has 0 aromatic heterocycles. The Balaban J connectivity index is 2.77. The van der Waals surface area contributed by atoms with E-state index in [1.165, 1.54) is 0 Å². The largest absolute Gasteiger partial charge is 0.489 e. The van der Waals surface area contributed by atoms with Crippen molar-refractivity contribution in [3.63, 3.8) is 0 Å². The van der Waals surface area contributed by atoms with Gasteiger partial charge in [0.25, 0.3) is 0 Å². The molecule has 0 aliphatic heterocycles. The van der Waals surface area contributed by atoms with Crippen LogP contribution in [0.15, 0.2) is 22.7 Å². The minimum Gasteiger partial charge on any atom is -0.489 e. The molecule has 20 heavy (non-hydrogen) atoms. The summed E-state index contributed by atoms with van der Waals surface area (Å²) in [6, 6.07) is 6.01. The van der Waals surface area contributed by atoms with Crippen LogP contribution in [0.4, 0.5) is 0 Å². The third kappa shape index (κ3) is 5.08. The molecule has 0 amide bonds. The lowest BCUT2D eigenvalue weighted by Gasteiger charge is -2.28. The van der Waals surface area contributed by atoms with Crippen molar-refractivity contribution >= 4 is 15.9 Å². The second-order valence-electron chi connectivity index (χ2n) is 5.71. The van der Waals surface area contributed by atoms with E-state index in [4.69, 9.17) is 4.74 Å². The summed E-state index contributed by atoms with van der Waals surface area (Å²) in [5.74, 6) is 0.962. The average molecular weight is 344 g/mol. The molecule has 0 aliphatic carbocycles. The van der Waals surface area contributed by atoms with Crippen molar-refractivity contribution in [1.82, 2.24) is 5.32 Å². The molecule has 0 saturated carbocycles. The van der Waals surface area contributed by atoms with Gasteiger partial charge < -0.3 is 15.2 Å². The van der Waals surface area contributed by atoms with E-state index in [1.54, 1.807) is 0 Å². The second kappa shape index (κ2) is 8.01. The van der Waals surface area contributed by atoms with Crippen molar-refractivity contribution in [1.29, 1.82) is 0 Å². The summed E-state index contributed by atoms with van der Waals surface area (Å²) in [5, 5.41) is 13.7. The number of para-hydroxylation sites is 1. The monoisotopic (exact) mass is 343 g/mol. The number of ether oxygens (including phenoxy) is 1. The van der Waals surface area contributed by atoms with Crippen LogP contribution in [0.25, 0.3) is 0 Å². The van der Waals surface area contributed by atoms with Crippen LogP contribution in [0, 0.1) is 5.92 Å². The zero-order valence-corrected chi connectivity index (χ0v) is 14.5. The third-order valence-corrected chi connectivity index (χ3v) is 4.17. The first-order valence-corrected chi connectivity index (χ1v) is 8.01. The Labute approximate surface area is 130 Å². The highest BCUT2D eigenvalue weighted by atomic mass is 79.9. The average Bonchev–Trinajstić information content (AvgIpc) is 2.38. The van der Waals surface area contributed by atoms with E-state index in [9.17, 15) is 5.11 Å². The lowest BCUT2D eigenvalue weighted by atomic mass is 9.94. The molecule has 0 spiro atoms. The Morgan fingerprint density at radius 1 is 1.40 bits per heavy atom. The summed E-state index contributed by atoms with van der Waals surface area (Å²) in [4.78, 5) is 0. The van der Waals surface area contributed by atoms with Crippen molar-refractivity contribution in [3.8, 4) is 5.75 Å². The second-order valence-corrected chi connectivity index (χ2v) is 6.56. The fourth-order valence-corrected chi connectivity index (χ4v) is 2.16. The summed E-state index contributed by atoms with van der Waals surface area (Å²) < 4.78 is 6.81. The van der Waals surface area contributed by atoms with E-state index in [0.717, 1.165) is 35.3 Å². The highest BCUT2D eigenvalue weighted by Gasteiger charge is 2.26. The van der Waals surface area contributed by atoms with Gasteiger partial charge in [-0.05, 0) is 47.8 Å². The van der Waals surface area contributed by atoms with E-state index in [0.29, 0.717) is 0 Å². The van der Waals surface area contributed by atoms with Crippen LogP contribution in [-0.2, 0) is 6.54 Å². The quantitative estimate of drug-likeness (QED) is 0.706. The maximum absolute atomic E-state index is 10.3. The van der Waals surface area contributed by atoms with Gasteiger partial charge in [-0.2, -0.15) is 0 Å². The van der Waals surface area contributed by atoms with E-state index in [2.05, 4.69) is 28.2 Å². The molecule has 2 N–H and O–H groups in total. The number of halogens is 1. The molecular formula is C16H26BrNO2. The molecule has 4 heteroatoms. The predicted molar refractivity (Wildman–Crippen MR) is 87.1 cm³/mol. The first kappa shape index (κ1) is 17.5. The van der Waals surface area contributed by atoms with Gasteiger partial charge in [-0.3, -0.25) is 0 Å². The van der Waals surface area contributed by atoms with Crippen LogP contribution in [0.3, 0.4) is 0 Å².